The first-order valence-corrected chi connectivity index (χ1v) is 8.83. The zero-order chi connectivity index (χ0) is 19.5. The van der Waals surface area contributed by atoms with Gasteiger partial charge in [0, 0.05) is 17.5 Å². The summed E-state index contributed by atoms with van der Waals surface area (Å²) in [5, 5.41) is 8.20. The maximum Gasteiger partial charge on any atom is 0.338 e. The second-order valence-corrected chi connectivity index (χ2v) is 6.30. The molecule has 7 heteroatoms. The van der Waals surface area contributed by atoms with Crippen LogP contribution in [0.4, 0.5) is 0 Å². The number of nitrogens with zero attached hydrogens (tertiary/aromatic N) is 4. The Bertz CT molecular complexity index is 1080. The summed E-state index contributed by atoms with van der Waals surface area (Å²) < 4.78 is 12.5. The molecule has 140 valence electrons. The summed E-state index contributed by atoms with van der Waals surface area (Å²) in [6.45, 7) is 3.66. The lowest BCUT2D eigenvalue weighted by Crippen LogP contribution is -2.10. The summed E-state index contributed by atoms with van der Waals surface area (Å²) in [5.41, 5.74) is 3.15. The third-order valence-electron chi connectivity index (χ3n) is 4.28. The first-order chi connectivity index (χ1) is 13.6. The van der Waals surface area contributed by atoms with Crippen molar-refractivity contribution in [2.75, 3.05) is 0 Å². The summed E-state index contributed by atoms with van der Waals surface area (Å²) in [6.07, 6.45) is 1.07. The van der Waals surface area contributed by atoms with E-state index in [1.807, 2.05) is 55.5 Å². The van der Waals surface area contributed by atoms with Crippen molar-refractivity contribution in [1.29, 1.82) is 0 Å². The lowest BCUT2D eigenvalue weighted by atomic mass is 10.2. The van der Waals surface area contributed by atoms with E-state index in [0.717, 1.165) is 16.9 Å². The predicted molar refractivity (Wildman–Crippen MR) is 102 cm³/mol. The summed E-state index contributed by atoms with van der Waals surface area (Å²) in [4.78, 5) is 16.8. The smallest absolute Gasteiger partial charge is 0.338 e. The Morgan fingerprint density at radius 2 is 1.82 bits per heavy atom. The number of carbonyl (C=O) groups is 1. The van der Waals surface area contributed by atoms with Gasteiger partial charge in [0.25, 0.3) is 5.89 Å². The van der Waals surface area contributed by atoms with Crippen LogP contribution >= 0.6 is 0 Å². The van der Waals surface area contributed by atoms with Gasteiger partial charge in [0.1, 0.15) is 0 Å². The topological polar surface area (TPSA) is 83.0 Å². The molecular formula is C21H18N4O3. The van der Waals surface area contributed by atoms with E-state index in [-0.39, 0.29) is 5.89 Å². The van der Waals surface area contributed by atoms with E-state index in [2.05, 4.69) is 15.2 Å². The van der Waals surface area contributed by atoms with Crippen LogP contribution < -0.4 is 0 Å². The van der Waals surface area contributed by atoms with E-state index >= 15 is 0 Å². The van der Waals surface area contributed by atoms with Crippen LogP contribution in [-0.4, -0.2) is 25.9 Å². The SMILES string of the molecule is Cc1ccnn1-c1ccc(C(=O)O[C@H](C)c2nc(-c3ccccc3)no2)cc1. The zero-order valence-corrected chi connectivity index (χ0v) is 15.4. The lowest BCUT2D eigenvalue weighted by Gasteiger charge is -2.10. The van der Waals surface area contributed by atoms with Crippen LogP contribution in [0.15, 0.2) is 71.4 Å². The van der Waals surface area contributed by atoms with Gasteiger partial charge in [-0.25, -0.2) is 9.48 Å². The molecule has 0 N–H and O–H groups in total. The molecule has 4 aromatic rings. The molecule has 0 amide bonds. The highest BCUT2D eigenvalue weighted by molar-refractivity contribution is 5.89. The van der Waals surface area contributed by atoms with E-state index < -0.39 is 12.1 Å². The van der Waals surface area contributed by atoms with E-state index in [4.69, 9.17) is 9.26 Å². The Labute approximate surface area is 161 Å². The largest absolute Gasteiger partial charge is 0.449 e. The summed E-state index contributed by atoms with van der Waals surface area (Å²) in [5.74, 6) is 0.240. The first kappa shape index (κ1) is 17.7. The fraction of sp³-hybridized carbons (Fsp3) is 0.143. The second-order valence-electron chi connectivity index (χ2n) is 6.30. The minimum Gasteiger partial charge on any atom is -0.449 e. The highest BCUT2D eigenvalue weighted by Crippen LogP contribution is 2.21. The molecule has 2 aromatic carbocycles. The molecule has 0 saturated heterocycles. The Hall–Kier alpha value is -3.74. The van der Waals surface area contributed by atoms with Gasteiger partial charge in [-0.05, 0) is 44.2 Å². The second kappa shape index (κ2) is 7.48. The van der Waals surface area contributed by atoms with Crippen LogP contribution in [-0.2, 0) is 4.74 Å². The number of carbonyl (C=O) groups excluding carboxylic acids is 1. The number of hydrogen-bond acceptors (Lipinski definition) is 6. The van der Waals surface area contributed by atoms with Crippen molar-refractivity contribution in [2.45, 2.75) is 20.0 Å². The Kier molecular flexibility index (Phi) is 4.72. The Morgan fingerprint density at radius 1 is 1.07 bits per heavy atom. The monoisotopic (exact) mass is 374 g/mol. The molecule has 0 saturated carbocycles. The van der Waals surface area contributed by atoms with Crippen molar-refractivity contribution in [3.63, 3.8) is 0 Å². The van der Waals surface area contributed by atoms with E-state index in [9.17, 15) is 4.79 Å². The molecule has 0 aliphatic rings. The number of aromatic nitrogens is 4. The highest BCUT2D eigenvalue weighted by atomic mass is 16.6. The average molecular weight is 374 g/mol. The maximum atomic E-state index is 12.4. The molecule has 0 radical (unpaired) electrons. The van der Waals surface area contributed by atoms with Gasteiger partial charge in [-0.2, -0.15) is 10.1 Å². The number of hydrogen-bond donors (Lipinski definition) is 0. The number of rotatable bonds is 5. The van der Waals surface area contributed by atoms with Crippen LogP contribution in [0, 0.1) is 6.92 Å². The third-order valence-corrected chi connectivity index (χ3v) is 4.28. The molecule has 0 fully saturated rings. The van der Waals surface area contributed by atoms with Gasteiger partial charge < -0.3 is 9.26 Å². The number of benzene rings is 2. The van der Waals surface area contributed by atoms with Gasteiger partial charge in [-0.3, -0.25) is 0 Å². The quantitative estimate of drug-likeness (QED) is 0.488. The number of esters is 1. The molecule has 0 bridgehead atoms. The molecule has 0 unspecified atom stereocenters. The van der Waals surface area contributed by atoms with Crippen LogP contribution in [0.5, 0.6) is 0 Å². The number of aryl methyl sites for hydroxylation is 1. The maximum absolute atomic E-state index is 12.4. The predicted octanol–water partition coefficient (Wildman–Crippen LogP) is 4.15. The lowest BCUT2D eigenvalue weighted by molar-refractivity contribution is 0.0265. The van der Waals surface area contributed by atoms with Crippen molar-refractivity contribution >= 4 is 5.97 Å². The van der Waals surface area contributed by atoms with E-state index in [0.29, 0.717) is 11.4 Å². The van der Waals surface area contributed by atoms with Crippen LogP contribution in [0.2, 0.25) is 0 Å². The molecule has 0 spiro atoms. The van der Waals surface area contributed by atoms with Gasteiger partial charge >= 0.3 is 5.97 Å². The molecular weight excluding hydrogens is 356 g/mol. The van der Waals surface area contributed by atoms with E-state index in [1.165, 1.54) is 0 Å². The molecule has 0 aliphatic heterocycles. The Morgan fingerprint density at radius 3 is 2.50 bits per heavy atom. The first-order valence-electron chi connectivity index (χ1n) is 8.83. The highest BCUT2D eigenvalue weighted by Gasteiger charge is 2.20. The average Bonchev–Trinajstić information content (AvgIpc) is 3.38. The minimum atomic E-state index is -0.662. The van der Waals surface area contributed by atoms with Crippen LogP contribution in [0.1, 0.15) is 35.0 Å². The normalized spacial score (nSPS) is 11.9. The number of ether oxygens (including phenoxy) is 1. The van der Waals surface area contributed by atoms with Crippen LogP contribution in [0.3, 0.4) is 0 Å². The van der Waals surface area contributed by atoms with Crippen molar-refractivity contribution < 1.29 is 14.1 Å². The molecule has 4 rings (SSSR count). The molecule has 2 aromatic heterocycles. The van der Waals surface area contributed by atoms with Gasteiger partial charge in [0.2, 0.25) is 5.82 Å². The molecule has 7 nitrogen and oxygen atoms in total. The van der Waals surface area contributed by atoms with Gasteiger partial charge in [0.15, 0.2) is 6.10 Å². The van der Waals surface area contributed by atoms with Crippen molar-refractivity contribution in [3.05, 3.63) is 84.0 Å². The zero-order valence-electron chi connectivity index (χ0n) is 15.4. The fourth-order valence-electron chi connectivity index (χ4n) is 2.76. The summed E-state index contributed by atoms with van der Waals surface area (Å²) >= 11 is 0. The van der Waals surface area contributed by atoms with Crippen molar-refractivity contribution in [1.82, 2.24) is 19.9 Å². The third kappa shape index (κ3) is 3.55. The van der Waals surface area contributed by atoms with Gasteiger partial charge in [-0.1, -0.05) is 35.5 Å². The standard InChI is InChI=1S/C21H18N4O3/c1-14-12-13-22-25(14)18-10-8-17(9-11-18)21(26)27-15(2)20-23-19(24-28-20)16-6-4-3-5-7-16/h3-13,15H,1-2H3/t15-/m1/s1. The van der Waals surface area contributed by atoms with Crippen molar-refractivity contribution in [3.8, 4) is 17.1 Å². The minimum absolute atomic E-state index is 0.246. The molecule has 1 atom stereocenters. The Balaban J connectivity index is 1.45. The molecule has 28 heavy (non-hydrogen) atoms. The van der Waals surface area contributed by atoms with E-state index in [1.54, 1.807) is 29.9 Å². The fourth-order valence-corrected chi connectivity index (χ4v) is 2.76. The van der Waals surface area contributed by atoms with Gasteiger partial charge in [0.05, 0.1) is 11.3 Å². The summed E-state index contributed by atoms with van der Waals surface area (Å²) in [6, 6.07) is 18.4. The van der Waals surface area contributed by atoms with Crippen molar-refractivity contribution in [2.24, 2.45) is 0 Å². The van der Waals surface area contributed by atoms with Gasteiger partial charge in [-0.15, -0.1) is 0 Å². The summed E-state index contributed by atoms with van der Waals surface area (Å²) in [7, 11) is 0. The molecule has 0 aliphatic carbocycles. The van der Waals surface area contributed by atoms with Crippen LogP contribution in [0.25, 0.3) is 17.1 Å². The molecule has 2 heterocycles.